The van der Waals surface area contributed by atoms with Gasteiger partial charge in [0.2, 0.25) is 0 Å². The molecular weight excluding hydrogens is 224 g/mol. The zero-order valence-electron chi connectivity index (χ0n) is 12.3. The lowest BCUT2D eigenvalue weighted by molar-refractivity contribution is 0.272. The highest BCUT2D eigenvalue weighted by atomic mass is 16.5. The van der Waals surface area contributed by atoms with Gasteiger partial charge in [-0.2, -0.15) is 0 Å². The summed E-state index contributed by atoms with van der Waals surface area (Å²) in [5.74, 6) is 1.30. The van der Waals surface area contributed by atoms with Gasteiger partial charge in [-0.05, 0) is 41.4 Å². The molecule has 0 fully saturated rings. The molecule has 2 nitrogen and oxygen atoms in total. The van der Waals surface area contributed by atoms with Crippen LogP contribution in [0.1, 0.15) is 57.6 Å². The second-order valence-electron chi connectivity index (χ2n) is 5.82. The highest BCUT2D eigenvalue weighted by molar-refractivity contribution is 5.41. The summed E-state index contributed by atoms with van der Waals surface area (Å²) in [4.78, 5) is 0. The molecule has 0 saturated heterocycles. The molecule has 1 aromatic carbocycles. The van der Waals surface area contributed by atoms with Crippen LogP contribution in [0.4, 0.5) is 0 Å². The maximum Gasteiger partial charge on any atom is 0.122 e. The van der Waals surface area contributed by atoms with Gasteiger partial charge in [-0.1, -0.05) is 39.8 Å². The summed E-state index contributed by atoms with van der Waals surface area (Å²) < 4.78 is 5.46. The summed E-state index contributed by atoms with van der Waals surface area (Å²) in [5, 5.41) is 9.18. The van der Waals surface area contributed by atoms with E-state index >= 15 is 0 Å². The van der Waals surface area contributed by atoms with E-state index in [1.165, 1.54) is 11.1 Å². The van der Waals surface area contributed by atoms with E-state index in [4.69, 9.17) is 4.74 Å². The van der Waals surface area contributed by atoms with Gasteiger partial charge in [0.25, 0.3) is 0 Å². The van der Waals surface area contributed by atoms with Crippen LogP contribution in [0.25, 0.3) is 0 Å². The van der Waals surface area contributed by atoms with E-state index in [0.717, 1.165) is 18.6 Å². The van der Waals surface area contributed by atoms with Crippen LogP contribution in [0, 0.1) is 0 Å². The van der Waals surface area contributed by atoms with Crippen LogP contribution in [0.15, 0.2) is 18.2 Å². The third-order valence-electron chi connectivity index (χ3n) is 3.51. The average molecular weight is 250 g/mol. The standard InChI is InChI=1S/C16H26O2/c1-6-12(9-10-17)14-11-13(16(2,3)4)7-8-15(14)18-5/h7-8,11-12,17H,6,9-10H2,1-5H3. The molecule has 0 aliphatic carbocycles. The summed E-state index contributed by atoms with van der Waals surface area (Å²) in [6, 6.07) is 6.42. The number of benzene rings is 1. The number of aliphatic hydroxyl groups is 1. The van der Waals surface area contributed by atoms with Gasteiger partial charge in [0, 0.05) is 6.61 Å². The van der Waals surface area contributed by atoms with Gasteiger partial charge >= 0.3 is 0 Å². The molecule has 0 radical (unpaired) electrons. The molecule has 0 spiro atoms. The highest BCUT2D eigenvalue weighted by Crippen LogP contribution is 2.35. The van der Waals surface area contributed by atoms with E-state index in [0.29, 0.717) is 5.92 Å². The molecule has 0 saturated carbocycles. The number of hydrogen-bond acceptors (Lipinski definition) is 2. The number of methoxy groups -OCH3 is 1. The lowest BCUT2D eigenvalue weighted by Crippen LogP contribution is -2.13. The van der Waals surface area contributed by atoms with Gasteiger partial charge in [0.15, 0.2) is 0 Å². The van der Waals surface area contributed by atoms with E-state index in [2.05, 4.69) is 45.9 Å². The molecule has 0 bridgehead atoms. The van der Waals surface area contributed by atoms with E-state index in [-0.39, 0.29) is 12.0 Å². The Morgan fingerprint density at radius 3 is 2.39 bits per heavy atom. The topological polar surface area (TPSA) is 29.5 Å². The monoisotopic (exact) mass is 250 g/mol. The van der Waals surface area contributed by atoms with Crippen molar-refractivity contribution in [1.82, 2.24) is 0 Å². The fraction of sp³-hybridized carbons (Fsp3) is 0.625. The van der Waals surface area contributed by atoms with Crippen molar-refractivity contribution in [2.24, 2.45) is 0 Å². The molecule has 0 aliphatic heterocycles. The smallest absolute Gasteiger partial charge is 0.122 e. The summed E-state index contributed by atoms with van der Waals surface area (Å²) in [5.41, 5.74) is 2.68. The number of rotatable bonds is 5. The predicted octanol–water partition coefficient (Wildman–Crippen LogP) is 3.87. The maximum absolute atomic E-state index is 9.18. The molecule has 0 heterocycles. The van der Waals surface area contributed by atoms with Gasteiger partial charge < -0.3 is 9.84 Å². The lowest BCUT2D eigenvalue weighted by atomic mass is 9.83. The molecule has 1 unspecified atom stereocenters. The molecule has 18 heavy (non-hydrogen) atoms. The molecule has 1 rings (SSSR count). The van der Waals surface area contributed by atoms with Crippen molar-refractivity contribution in [3.63, 3.8) is 0 Å². The molecule has 1 N–H and O–H groups in total. The van der Waals surface area contributed by atoms with Crippen LogP contribution in [-0.2, 0) is 5.41 Å². The Labute approximate surface area is 111 Å². The minimum Gasteiger partial charge on any atom is -0.496 e. The largest absolute Gasteiger partial charge is 0.496 e. The van der Waals surface area contributed by atoms with Crippen LogP contribution >= 0.6 is 0 Å². The Bertz CT molecular complexity index is 377. The van der Waals surface area contributed by atoms with Crippen LogP contribution in [-0.4, -0.2) is 18.8 Å². The molecule has 1 atom stereocenters. The Balaban J connectivity index is 3.20. The minimum atomic E-state index is 0.137. The first-order valence-corrected chi connectivity index (χ1v) is 6.73. The van der Waals surface area contributed by atoms with Gasteiger partial charge in [0.05, 0.1) is 7.11 Å². The number of ether oxygens (including phenoxy) is 1. The molecule has 0 aliphatic rings. The first kappa shape index (κ1) is 15.0. The second kappa shape index (κ2) is 6.24. The van der Waals surface area contributed by atoms with Crippen LogP contribution in [0.5, 0.6) is 5.75 Å². The SMILES string of the molecule is CCC(CCO)c1cc(C(C)(C)C)ccc1OC. The lowest BCUT2D eigenvalue weighted by Gasteiger charge is -2.24. The Kier molecular flexibility index (Phi) is 5.21. The van der Waals surface area contributed by atoms with Gasteiger partial charge in [-0.3, -0.25) is 0 Å². The Morgan fingerprint density at radius 2 is 1.94 bits per heavy atom. The molecule has 0 aromatic heterocycles. The Morgan fingerprint density at radius 1 is 1.28 bits per heavy atom. The van der Waals surface area contributed by atoms with Crippen molar-refractivity contribution in [2.75, 3.05) is 13.7 Å². The van der Waals surface area contributed by atoms with Crippen molar-refractivity contribution in [3.05, 3.63) is 29.3 Å². The first-order chi connectivity index (χ1) is 8.43. The maximum atomic E-state index is 9.18. The first-order valence-electron chi connectivity index (χ1n) is 6.73. The van der Waals surface area contributed by atoms with Gasteiger partial charge in [-0.15, -0.1) is 0 Å². The van der Waals surface area contributed by atoms with Crippen molar-refractivity contribution >= 4 is 0 Å². The zero-order valence-corrected chi connectivity index (χ0v) is 12.3. The van der Waals surface area contributed by atoms with Crippen molar-refractivity contribution in [2.45, 2.75) is 51.9 Å². The predicted molar refractivity (Wildman–Crippen MR) is 76.4 cm³/mol. The molecular formula is C16H26O2. The highest BCUT2D eigenvalue weighted by Gasteiger charge is 2.19. The quantitative estimate of drug-likeness (QED) is 0.859. The van der Waals surface area contributed by atoms with Crippen LogP contribution < -0.4 is 4.74 Å². The third kappa shape index (κ3) is 3.49. The number of aliphatic hydroxyl groups excluding tert-OH is 1. The minimum absolute atomic E-state index is 0.137. The second-order valence-corrected chi connectivity index (χ2v) is 5.82. The third-order valence-corrected chi connectivity index (χ3v) is 3.51. The van der Waals surface area contributed by atoms with E-state index in [1.807, 2.05) is 0 Å². The summed E-state index contributed by atoms with van der Waals surface area (Å²) in [6.07, 6.45) is 1.81. The average Bonchev–Trinajstić information content (AvgIpc) is 2.34. The van der Waals surface area contributed by atoms with Crippen LogP contribution in [0.3, 0.4) is 0 Å². The van der Waals surface area contributed by atoms with Gasteiger partial charge in [-0.25, -0.2) is 0 Å². The molecule has 1 aromatic rings. The summed E-state index contributed by atoms with van der Waals surface area (Å²) in [7, 11) is 1.71. The van der Waals surface area contributed by atoms with E-state index < -0.39 is 0 Å². The van der Waals surface area contributed by atoms with Crippen LogP contribution in [0.2, 0.25) is 0 Å². The fourth-order valence-corrected chi connectivity index (χ4v) is 2.26. The molecule has 102 valence electrons. The van der Waals surface area contributed by atoms with E-state index in [9.17, 15) is 5.11 Å². The molecule has 0 amide bonds. The van der Waals surface area contributed by atoms with E-state index in [1.54, 1.807) is 7.11 Å². The summed E-state index contributed by atoms with van der Waals surface area (Å²) in [6.45, 7) is 9.02. The van der Waals surface area contributed by atoms with Crippen molar-refractivity contribution in [3.8, 4) is 5.75 Å². The van der Waals surface area contributed by atoms with Crippen molar-refractivity contribution < 1.29 is 9.84 Å². The van der Waals surface area contributed by atoms with Crippen molar-refractivity contribution in [1.29, 1.82) is 0 Å². The zero-order chi connectivity index (χ0) is 13.8. The number of hydrogen-bond donors (Lipinski definition) is 1. The van der Waals surface area contributed by atoms with Gasteiger partial charge in [0.1, 0.15) is 5.75 Å². The Hall–Kier alpha value is -1.02. The fourth-order valence-electron chi connectivity index (χ4n) is 2.26. The molecule has 2 heteroatoms. The normalized spacial score (nSPS) is 13.4. The summed E-state index contributed by atoms with van der Waals surface area (Å²) >= 11 is 0.